The lowest BCUT2D eigenvalue weighted by molar-refractivity contribution is -0.122. The highest BCUT2D eigenvalue weighted by Crippen LogP contribution is 2.48. The molecule has 1 aliphatic carbocycles. The fraction of sp³-hybridized carbons (Fsp3) is 0.500. The average Bonchev–Trinajstić information content (AvgIpc) is 2.24. The molecule has 0 radical (unpaired) electrons. The number of primary amides is 1. The number of halogens is 1. The van der Waals surface area contributed by atoms with Crippen LogP contribution in [0.25, 0.3) is 0 Å². The molecule has 1 aromatic carbocycles. The molecule has 2 nitrogen and oxygen atoms in total. The summed E-state index contributed by atoms with van der Waals surface area (Å²) in [5.74, 6) is -0.267. The van der Waals surface area contributed by atoms with Crippen LogP contribution in [0.5, 0.6) is 0 Å². The van der Waals surface area contributed by atoms with Gasteiger partial charge in [-0.05, 0) is 42.4 Å². The van der Waals surface area contributed by atoms with Crippen molar-refractivity contribution in [2.45, 2.75) is 38.0 Å². The molecule has 2 N–H and O–H groups in total. The number of rotatable bonds is 4. The first-order valence-corrected chi connectivity index (χ1v) is 6.47. The van der Waals surface area contributed by atoms with Crippen molar-refractivity contribution in [1.82, 2.24) is 0 Å². The molecule has 0 aromatic heterocycles. The molecule has 0 aliphatic heterocycles. The maximum atomic E-state index is 11.2. The Morgan fingerprint density at radius 3 is 2.41 bits per heavy atom. The lowest BCUT2D eigenvalue weighted by Gasteiger charge is -2.44. The van der Waals surface area contributed by atoms with E-state index in [1.807, 2.05) is 19.1 Å². The molecular formula is C14H18ClNO. The number of hydrogen-bond donors (Lipinski definition) is 1. The van der Waals surface area contributed by atoms with Gasteiger partial charge in [0.1, 0.15) is 0 Å². The first kappa shape index (κ1) is 12.4. The Labute approximate surface area is 107 Å². The fourth-order valence-electron chi connectivity index (χ4n) is 2.70. The third kappa shape index (κ3) is 2.47. The molecule has 2 rings (SSSR count). The van der Waals surface area contributed by atoms with Crippen LogP contribution in [0.1, 0.15) is 38.2 Å². The number of carbonyl (C=O) groups excluding carboxylic acids is 1. The van der Waals surface area contributed by atoms with Gasteiger partial charge in [-0.1, -0.05) is 37.1 Å². The Morgan fingerprint density at radius 2 is 2.00 bits per heavy atom. The monoisotopic (exact) mass is 251 g/mol. The molecule has 1 atom stereocenters. The molecule has 1 unspecified atom stereocenters. The quantitative estimate of drug-likeness (QED) is 0.877. The van der Waals surface area contributed by atoms with Gasteiger partial charge in [-0.25, -0.2) is 0 Å². The summed E-state index contributed by atoms with van der Waals surface area (Å²) in [5, 5.41) is 0.756. The molecule has 1 fully saturated rings. The molecule has 1 saturated carbocycles. The molecule has 1 aromatic rings. The minimum Gasteiger partial charge on any atom is -0.369 e. The van der Waals surface area contributed by atoms with Crippen LogP contribution in [0.2, 0.25) is 5.02 Å². The van der Waals surface area contributed by atoms with Gasteiger partial charge < -0.3 is 5.73 Å². The highest BCUT2D eigenvalue weighted by Gasteiger charge is 2.40. The Hall–Kier alpha value is -1.02. The minimum atomic E-state index is -0.203. The van der Waals surface area contributed by atoms with Crippen molar-refractivity contribution in [1.29, 1.82) is 0 Å². The Morgan fingerprint density at radius 1 is 1.41 bits per heavy atom. The van der Waals surface area contributed by atoms with E-state index in [4.69, 9.17) is 17.3 Å². The van der Waals surface area contributed by atoms with E-state index in [1.165, 1.54) is 12.0 Å². The second-order valence-corrected chi connectivity index (χ2v) is 5.58. The van der Waals surface area contributed by atoms with Gasteiger partial charge in [-0.3, -0.25) is 4.79 Å². The molecule has 1 aliphatic rings. The molecule has 0 saturated heterocycles. The molecule has 3 heteroatoms. The molecular weight excluding hydrogens is 234 g/mol. The summed E-state index contributed by atoms with van der Waals surface area (Å²) in [4.78, 5) is 11.2. The van der Waals surface area contributed by atoms with E-state index in [0.717, 1.165) is 24.3 Å². The maximum Gasteiger partial charge on any atom is 0.220 e. The topological polar surface area (TPSA) is 43.1 Å². The SMILES string of the molecule is CC(CC1(c2ccc(Cl)cc2)CCC1)C(N)=O. The van der Waals surface area contributed by atoms with Crippen molar-refractivity contribution in [3.05, 3.63) is 34.9 Å². The van der Waals surface area contributed by atoms with Crippen molar-refractivity contribution in [2.75, 3.05) is 0 Å². The molecule has 1 amide bonds. The van der Waals surface area contributed by atoms with E-state index in [2.05, 4.69) is 12.1 Å². The van der Waals surface area contributed by atoms with Gasteiger partial charge >= 0.3 is 0 Å². The summed E-state index contributed by atoms with van der Waals surface area (Å²) in [6.45, 7) is 1.92. The molecule has 0 heterocycles. The third-order valence-corrected chi connectivity index (χ3v) is 4.20. The summed E-state index contributed by atoms with van der Waals surface area (Å²) < 4.78 is 0. The lowest BCUT2D eigenvalue weighted by Crippen LogP contribution is -2.38. The van der Waals surface area contributed by atoms with E-state index in [-0.39, 0.29) is 17.2 Å². The lowest BCUT2D eigenvalue weighted by atomic mass is 9.60. The Kier molecular flexibility index (Phi) is 3.43. The zero-order chi connectivity index (χ0) is 12.5. The van der Waals surface area contributed by atoms with Gasteiger partial charge in [-0.2, -0.15) is 0 Å². The highest BCUT2D eigenvalue weighted by atomic mass is 35.5. The normalized spacial score (nSPS) is 19.4. The van der Waals surface area contributed by atoms with Crippen molar-refractivity contribution in [3.63, 3.8) is 0 Å². The van der Waals surface area contributed by atoms with Crippen LogP contribution in [0.4, 0.5) is 0 Å². The van der Waals surface area contributed by atoms with Gasteiger partial charge in [0.05, 0.1) is 0 Å². The largest absolute Gasteiger partial charge is 0.369 e. The standard InChI is InChI=1S/C14H18ClNO/c1-10(13(16)17)9-14(7-2-8-14)11-3-5-12(15)6-4-11/h3-6,10H,2,7-9H2,1H3,(H2,16,17). The van der Waals surface area contributed by atoms with Crippen LogP contribution >= 0.6 is 11.6 Å². The van der Waals surface area contributed by atoms with E-state index < -0.39 is 0 Å². The second-order valence-electron chi connectivity index (χ2n) is 5.15. The summed E-state index contributed by atoms with van der Waals surface area (Å²) in [6.07, 6.45) is 4.37. The average molecular weight is 252 g/mol. The minimum absolute atomic E-state index is 0.0639. The zero-order valence-electron chi connectivity index (χ0n) is 10.1. The Bertz CT molecular complexity index is 409. The number of benzene rings is 1. The molecule has 0 spiro atoms. The second kappa shape index (κ2) is 4.69. The summed E-state index contributed by atoms with van der Waals surface area (Å²) in [5.41, 5.74) is 6.81. The fourth-order valence-corrected chi connectivity index (χ4v) is 2.83. The highest BCUT2D eigenvalue weighted by molar-refractivity contribution is 6.30. The van der Waals surface area contributed by atoms with E-state index in [1.54, 1.807) is 0 Å². The van der Waals surface area contributed by atoms with E-state index in [0.29, 0.717) is 0 Å². The molecule has 92 valence electrons. The summed E-state index contributed by atoms with van der Waals surface area (Å²) >= 11 is 5.91. The number of hydrogen-bond acceptors (Lipinski definition) is 1. The molecule has 17 heavy (non-hydrogen) atoms. The van der Waals surface area contributed by atoms with Gasteiger partial charge in [-0.15, -0.1) is 0 Å². The van der Waals surface area contributed by atoms with Crippen LogP contribution in [0, 0.1) is 5.92 Å². The van der Waals surface area contributed by atoms with Gasteiger partial charge in [0.2, 0.25) is 5.91 Å². The predicted octanol–water partition coefficient (Wildman–Crippen LogP) is 3.27. The van der Waals surface area contributed by atoms with Gasteiger partial charge in [0, 0.05) is 10.9 Å². The van der Waals surface area contributed by atoms with Crippen LogP contribution in [-0.2, 0) is 10.2 Å². The third-order valence-electron chi connectivity index (χ3n) is 3.95. The number of amides is 1. The first-order valence-electron chi connectivity index (χ1n) is 6.09. The summed E-state index contributed by atoms with van der Waals surface area (Å²) in [6, 6.07) is 8.00. The number of nitrogens with two attached hydrogens (primary N) is 1. The van der Waals surface area contributed by atoms with Crippen molar-refractivity contribution >= 4 is 17.5 Å². The predicted molar refractivity (Wildman–Crippen MR) is 70.0 cm³/mol. The van der Waals surface area contributed by atoms with Crippen LogP contribution in [0.3, 0.4) is 0 Å². The first-order chi connectivity index (χ1) is 8.03. The van der Waals surface area contributed by atoms with Gasteiger partial charge in [0.15, 0.2) is 0 Å². The van der Waals surface area contributed by atoms with E-state index >= 15 is 0 Å². The Balaban J connectivity index is 2.19. The maximum absolute atomic E-state index is 11.2. The van der Waals surface area contributed by atoms with Crippen LogP contribution in [-0.4, -0.2) is 5.91 Å². The van der Waals surface area contributed by atoms with Crippen molar-refractivity contribution in [2.24, 2.45) is 11.7 Å². The molecule has 0 bridgehead atoms. The smallest absolute Gasteiger partial charge is 0.220 e. The number of carbonyl (C=O) groups is 1. The van der Waals surface area contributed by atoms with Crippen LogP contribution in [0.15, 0.2) is 24.3 Å². The van der Waals surface area contributed by atoms with Crippen molar-refractivity contribution < 1.29 is 4.79 Å². The van der Waals surface area contributed by atoms with Crippen molar-refractivity contribution in [3.8, 4) is 0 Å². The van der Waals surface area contributed by atoms with Crippen LogP contribution < -0.4 is 5.73 Å². The summed E-state index contributed by atoms with van der Waals surface area (Å²) in [7, 11) is 0. The van der Waals surface area contributed by atoms with Gasteiger partial charge in [0.25, 0.3) is 0 Å². The zero-order valence-corrected chi connectivity index (χ0v) is 10.8. The van der Waals surface area contributed by atoms with E-state index in [9.17, 15) is 4.79 Å².